The predicted molar refractivity (Wildman–Crippen MR) is 103 cm³/mol. The molecule has 0 aliphatic rings. The second kappa shape index (κ2) is 10.1. The monoisotopic (exact) mass is 368 g/mol. The Morgan fingerprint density at radius 1 is 0.963 bits per heavy atom. The van der Waals surface area contributed by atoms with Crippen molar-refractivity contribution < 1.29 is 19.1 Å². The van der Waals surface area contributed by atoms with Crippen LogP contribution in [0.3, 0.4) is 0 Å². The highest BCUT2D eigenvalue weighted by atomic mass is 16.5. The first kappa shape index (κ1) is 20.2. The molecule has 0 aliphatic heterocycles. The van der Waals surface area contributed by atoms with Crippen molar-refractivity contribution in [3.8, 4) is 0 Å². The molecule has 142 valence electrons. The van der Waals surface area contributed by atoms with Crippen molar-refractivity contribution in [3.05, 3.63) is 65.7 Å². The molecule has 6 nitrogen and oxygen atoms in total. The fraction of sp³-hybridized carbons (Fsp3) is 0.286. The number of esters is 1. The topological polar surface area (TPSA) is 75.7 Å². The van der Waals surface area contributed by atoms with Gasteiger partial charge in [0.2, 0.25) is 5.91 Å². The largest absolute Gasteiger partial charge is 0.466 e. The van der Waals surface area contributed by atoms with E-state index in [4.69, 9.17) is 4.74 Å². The number of benzene rings is 2. The molecule has 0 bridgehead atoms. The summed E-state index contributed by atoms with van der Waals surface area (Å²) in [7, 11) is 1.59. The summed E-state index contributed by atoms with van der Waals surface area (Å²) >= 11 is 0. The predicted octanol–water partition coefficient (Wildman–Crippen LogP) is 2.92. The van der Waals surface area contributed by atoms with Gasteiger partial charge in [0.15, 0.2) is 0 Å². The Hall–Kier alpha value is -3.15. The first-order chi connectivity index (χ1) is 13.0. The van der Waals surface area contributed by atoms with Gasteiger partial charge in [0.25, 0.3) is 5.91 Å². The Bertz CT molecular complexity index is 790. The number of carbonyl (C=O) groups excluding carboxylic acids is 3. The Kier molecular flexibility index (Phi) is 7.55. The number of amides is 2. The van der Waals surface area contributed by atoms with Gasteiger partial charge in [0.05, 0.1) is 24.3 Å². The zero-order chi connectivity index (χ0) is 19.6. The number of nitrogens with zero attached hydrogens (tertiary/aromatic N) is 1. The van der Waals surface area contributed by atoms with Gasteiger partial charge < -0.3 is 15.0 Å². The van der Waals surface area contributed by atoms with Crippen LogP contribution in [0.4, 0.5) is 5.69 Å². The second-order valence-electron chi connectivity index (χ2n) is 5.94. The van der Waals surface area contributed by atoms with Crippen LogP contribution in [0.5, 0.6) is 0 Å². The van der Waals surface area contributed by atoms with Crippen LogP contribution in [0.2, 0.25) is 0 Å². The van der Waals surface area contributed by atoms with Gasteiger partial charge in [0.1, 0.15) is 0 Å². The molecular weight excluding hydrogens is 344 g/mol. The van der Waals surface area contributed by atoms with Crippen LogP contribution in [-0.2, 0) is 20.9 Å². The average Bonchev–Trinajstić information content (AvgIpc) is 2.70. The standard InChI is InChI=1S/C21H24N2O4/c1-3-27-20(25)14-13-19(24)23(2)18-12-8-7-11-17(18)21(26)22-15-16-9-5-4-6-10-16/h4-12H,3,13-15H2,1-2H3,(H,22,26). The van der Waals surface area contributed by atoms with Crippen LogP contribution in [0.25, 0.3) is 0 Å². The third-order valence-electron chi connectivity index (χ3n) is 4.03. The molecule has 2 aromatic rings. The lowest BCUT2D eigenvalue weighted by Crippen LogP contribution is -2.30. The Morgan fingerprint density at radius 3 is 2.33 bits per heavy atom. The summed E-state index contributed by atoms with van der Waals surface area (Å²) in [5.74, 6) is -0.931. The SMILES string of the molecule is CCOC(=O)CCC(=O)N(C)c1ccccc1C(=O)NCc1ccccc1. The summed E-state index contributed by atoms with van der Waals surface area (Å²) in [5, 5.41) is 2.87. The number of rotatable bonds is 8. The molecule has 0 aromatic heterocycles. The minimum atomic E-state index is -0.409. The van der Waals surface area contributed by atoms with E-state index < -0.39 is 5.97 Å². The fourth-order valence-electron chi connectivity index (χ4n) is 2.58. The molecule has 0 saturated heterocycles. The number of para-hydroxylation sites is 1. The number of nitrogens with one attached hydrogen (secondary N) is 1. The number of anilines is 1. The van der Waals surface area contributed by atoms with Crippen LogP contribution in [0, 0.1) is 0 Å². The zero-order valence-electron chi connectivity index (χ0n) is 15.6. The zero-order valence-corrected chi connectivity index (χ0v) is 15.6. The molecule has 2 aromatic carbocycles. The quantitative estimate of drug-likeness (QED) is 0.727. The van der Waals surface area contributed by atoms with Crippen molar-refractivity contribution in [1.29, 1.82) is 0 Å². The van der Waals surface area contributed by atoms with E-state index in [1.54, 1.807) is 38.2 Å². The number of carbonyl (C=O) groups is 3. The molecule has 0 unspecified atom stereocenters. The van der Waals surface area contributed by atoms with Gasteiger partial charge in [-0.1, -0.05) is 42.5 Å². The Balaban J connectivity index is 2.03. The van der Waals surface area contributed by atoms with E-state index in [1.807, 2.05) is 30.3 Å². The minimum Gasteiger partial charge on any atom is -0.466 e. The van der Waals surface area contributed by atoms with Crippen LogP contribution in [-0.4, -0.2) is 31.4 Å². The van der Waals surface area contributed by atoms with E-state index in [0.29, 0.717) is 17.8 Å². The molecule has 0 heterocycles. The van der Waals surface area contributed by atoms with Gasteiger partial charge in [-0.05, 0) is 24.6 Å². The van der Waals surface area contributed by atoms with Gasteiger partial charge in [-0.25, -0.2) is 0 Å². The first-order valence-electron chi connectivity index (χ1n) is 8.86. The summed E-state index contributed by atoms with van der Waals surface area (Å²) in [5.41, 5.74) is 1.89. The molecule has 2 rings (SSSR count). The normalized spacial score (nSPS) is 10.1. The van der Waals surface area contributed by atoms with Crippen molar-refractivity contribution in [2.24, 2.45) is 0 Å². The van der Waals surface area contributed by atoms with Crippen LogP contribution in [0.15, 0.2) is 54.6 Å². The Labute approximate surface area is 159 Å². The summed E-state index contributed by atoms with van der Waals surface area (Å²) < 4.78 is 4.84. The van der Waals surface area contributed by atoms with Gasteiger partial charge in [-0.2, -0.15) is 0 Å². The summed E-state index contributed by atoms with van der Waals surface area (Å²) in [6.07, 6.45) is 0.0364. The van der Waals surface area contributed by atoms with E-state index in [2.05, 4.69) is 5.32 Å². The van der Waals surface area contributed by atoms with E-state index in [0.717, 1.165) is 5.56 Å². The molecule has 0 radical (unpaired) electrons. The molecule has 0 spiro atoms. The molecular formula is C21H24N2O4. The average molecular weight is 368 g/mol. The molecule has 0 fully saturated rings. The fourth-order valence-corrected chi connectivity index (χ4v) is 2.58. The van der Waals surface area contributed by atoms with Crippen molar-refractivity contribution in [3.63, 3.8) is 0 Å². The first-order valence-corrected chi connectivity index (χ1v) is 8.86. The summed E-state index contributed by atoms with van der Waals surface area (Å²) in [6, 6.07) is 16.5. The van der Waals surface area contributed by atoms with Crippen molar-refractivity contribution in [1.82, 2.24) is 5.32 Å². The van der Waals surface area contributed by atoms with E-state index >= 15 is 0 Å². The smallest absolute Gasteiger partial charge is 0.306 e. The third kappa shape index (κ3) is 5.95. The van der Waals surface area contributed by atoms with Crippen LogP contribution < -0.4 is 10.2 Å². The van der Waals surface area contributed by atoms with E-state index in [-0.39, 0.29) is 31.3 Å². The maximum atomic E-state index is 12.6. The molecule has 2 amide bonds. The maximum absolute atomic E-state index is 12.6. The second-order valence-corrected chi connectivity index (χ2v) is 5.94. The summed E-state index contributed by atoms with van der Waals surface area (Å²) in [6.45, 7) is 2.40. The Morgan fingerprint density at radius 2 is 1.63 bits per heavy atom. The van der Waals surface area contributed by atoms with Crippen molar-refractivity contribution >= 4 is 23.5 Å². The highest BCUT2D eigenvalue weighted by Crippen LogP contribution is 2.20. The number of hydrogen-bond donors (Lipinski definition) is 1. The molecule has 6 heteroatoms. The van der Waals surface area contributed by atoms with Crippen LogP contribution >= 0.6 is 0 Å². The van der Waals surface area contributed by atoms with Crippen LogP contribution in [0.1, 0.15) is 35.7 Å². The highest BCUT2D eigenvalue weighted by molar-refractivity contribution is 6.04. The summed E-state index contributed by atoms with van der Waals surface area (Å²) in [4.78, 5) is 37.8. The van der Waals surface area contributed by atoms with Gasteiger partial charge in [-0.3, -0.25) is 14.4 Å². The lowest BCUT2D eigenvalue weighted by Gasteiger charge is -2.20. The lowest BCUT2D eigenvalue weighted by atomic mass is 10.1. The molecule has 0 aliphatic carbocycles. The van der Waals surface area contributed by atoms with Gasteiger partial charge >= 0.3 is 5.97 Å². The third-order valence-corrected chi connectivity index (χ3v) is 4.03. The van der Waals surface area contributed by atoms with E-state index in [9.17, 15) is 14.4 Å². The molecule has 0 atom stereocenters. The minimum absolute atomic E-state index is 0.0133. The number of ether oxygens (including phenoxy) is 1. The highest BCUT2D eigenvalue weighted by Gasteiger charge is 2.19. The van der Waals surface area contributed by atoms with Gasteiger partial charge in [0, 0.05) is 20.0 Å². The van der Waals surface area contributed by atoms with Gasteiger partial charge in [-0.15, -0.1) is 0 Å². The maximum Gasteiger partial charge on any atom is 0.306 e. The van der Waals surface area contributed by atoms with E-state index in [1.165, 1.54) is 4.90 Å². The number of hydrogen-bond acceptors (Lipinski definition) is 4. The van der Waals surface area contributed by atoms with Crippen molar-refractivity contribution in [2.45, 2.75) is 26.3 Å². The lowest BCUT2D eigenvalue weighted by molar-refractivity contribution is -0.144. The molecule has 27 heavy (non-hydrogen) atoms. The molecule has 0 saturated carbocycles. The van der Waals surface area contributed by atoms with Crippen molar-refractivity contribution in [2.75, 3.05) is 18.6 Å². The molecule has 1 N–H and O–H groups in total.